The van der Waals surface area contributed by atoms with E-state index in [4.69, 9.17) is 4.99 Å². The van der Waals surface area contributed by atoms with Crippen LogP contribution in [0.4, 0.5) is 0 Å². The minimum atomic E-state index is -2.83. The number of halogens is 1. The Morgan fingerprint density at radius 2 is 1.96 bits per heavy atom. The van der Waals surface area contributed by atoms with Crippen molar-refractivity contribution in [2.75, 3.05) is 25.1 Å². The Bertz CT molecular complexity index is 660. The highest BCUT2D eigenvalue weighted by atomic mass is 127. The van der Waals surface area contributed by atoms with Gasteiger partial charge < -0.3 is 10.2 Å². The number of hydrogen-bond donors (Lipinski definition) is 1. The van der Waals surface area contributed by atoms with Crippen LogP contribution in [0.3, 0.4) is 0 Å². The Hall–Kier alpha value is -0.830. The molecule has 1 aromatic rings. The maximum atomic E-state index is 11.6. The number of nitrogens with one attached hydrogen (secondary N) is 1. The van der Waals surface area contributed by atoms with Gasteiger partial charge in [0.2, 0.25) is 0 Å². The Morgan fingerprint density at radius 3 is 2.54 bits per heavy atom. The fourth-order valence-electron chi connectivity index (χ4n) is 2.85. The number of aliphatic imine (C=N–C) groups is 1. The number of sulfone groups is 1. The van der Waals surface area contributed by atoms with Gasteiger partial charge in [-0.25, -0.2) is 8.42 Å². The Labute approximate surface area is 161 Å². The maximum absolute atomic E-state index is 11.6. The molecule has 0 radical (unpaired) electrons. The van der Waals surface area contributed by atoms with Gasteiger partial charge in [-0.15, -0.1) is 24.0 Å². The van der Waals surface area contributed by atoms with E-state index < -0.39 is 9.84 Å². The molecule has 1 aliphatic heterocycles. The highest BCUT2D eigenvalue weighted by Gasteiger charge is 2.28. The number of guanidine groups is 1. The zero-order valence-corrected chi connectivity index (χ0v) is 17.2. The lowest BCUT2D eigenvalue weighted by atomic mass is 10.1. The van der Waals surface area contributed by atoms with Crippen molar-refractivity contribution in [1.29, 1.82) is 0 Å². The topological polar surface area (TPSA) is 61.8 Å². The maximum Gasteiger partial charge on any atom is 0.194 e. The number of nitrogens with zero attached hydrogens (tertiary/aromatic N) is 2. The summed E-state index contributed by atoms with van der Waals surface area (Å²) in [6.07, 6.45) is 3.12. The van der Waals surface area contributed by atoms with E-state index in [0.29, 0.717) is 18.3 Å². The molecule has 1 aliphatic carbocycles. The van der Waals surface area contributed by atoms with Gasteiger partial charge in [-0.3, -0.25) is 4.99 Å². The first-order valence-electron chi connectivity index (χ1n) is 8.28. The molecule has 1 saturated carbocycles. The zero-order valence-electron chi connectivity index (χ0n) is 14.0. The first kappa shape index (κ1) is 19.5. The predicted molar refractivity (Wildman–Crippen MR) is 109 cm³/mol. The molecule has 24 heavy (non-hydrogen) atoms. The predicted octanol–water partition coefficient (Wildman–Crippen LogP) is 2.28. The number of rotatable bonds is 5. The largest absolute Gasteiger partial charge is 0.354 e. The van der Waals surface area contributed by atoms with Crippen LogP contribution in [-0.4, -0.2) is 50.4 Å². The molecule has 1 heterocycles. The van der Waals surface area contributed by atoms with Crippen LogP contribution in [0.1, 0.15) is 24.8 Å². The molecule has 1 saturated heterocycles. The summed E-state index contributed by atoms with van der Waals surface area (Å²) in [6.45, 7) is 1.38. The summed E-state index contributed by atoms with van der Waals surface area (Å²) in [5, 5.41) is 3.48. The Kier molecular flexibility index (Phi) is 6.91. The standard InChI is InChI=1S/C17H25N3O2S.HI/c1-20(12-14-5-3-2-4-6-14)17(19-16-7-8-16)18-11-15-9-10-23(21,22)13-15;/h2-6,15-16H,7-13H2,1H3,(H,18,19);1H. The smallest absolute Gasteiger partial charge is 0.194 e. The van der Waals surface area contributed by atoms with E-state index >= 15 is 0 Å². The second-order valence-corrected chi connectivity index (χ2v) is 8.92. The van der Waals surface area contributed by atoms with Gasteiger partial charge in [0.05, 0.1) is 11.5 Å². The lowest BCUT2D eigenvalue weighted by Crippen LogP contribution is -2.40. The molecular formula is C17H26IN3O2S. The van der Waals surface area contributed by atoms with Crippen molar-refractivity contribution < 1.29 is 8.42 Å². The summed E-state index contributed by atoms with van der Waals surface area (Å²) in [5.41, 5.74) is 1.24. The fourth-order valence-corrected chi connectivity index (χ4v) is 4.70. The zero-order chi connectivity index (χ0) is 16.3. The van der Waals surface area contributed by atoms with Crippen molar-refractivity contribution in [1.82, 2.24) is 10.2 Å². The van der Waals surface area contributed by atoms with Crippen LogP contribution in [-0.2, 0) is 16.4 Å². The van der Waals surface area contributed by atoms with Gasteiger partial charge in [0.15, 0.2) is 15.8 Å². The van der Waals surface area contributed by atoms with E-state index in [9.17, 15) is 8.42 Å². The van der Waals surface area contributed by atoms with E-state index in [1.54, 1.807) is 0 Å². The summed E-state index contributed by atoms with van der Waals surface area (Å²) < 4.78 is 23.1. The molecule has 0 amide bonds. The number of hydrogen-bond acceptors (Lipinski definition) is 3. The summed E-state index contributed by atoms with van der Waals surface area (Å²) in [4.78, 5) is 6.84. The minimum Gasteiger partial charge on any atom is -0.354 e. The molecule has 2 fully saturated rings. The van der Waals surface area contributed by atoms with Crippen LogP contribution in [0, 0.1) is 5.92 Å². The highest BCUT2D eigenvalue weighted by molar-refractivity contribution is 14.0. The van der Waals surface area contributed by atoms with Crippen LogP contribution in [0.25, 0.3) is 0 Å². The van der Waals surface area contributed by atoms with Gasteiger partial charge >= 0.3 is 0 Å². The molecule has 0 spiro atoms. The molecule has 134 valence electrons. The summed E-state index contributed by atoms with van der Waals surface area (Å²) in [7, 11) is -0.792. The van der Waals surface area contributed by atoms with Crippen molar-refractivity contribution in [2.24, 2.45) is 10.9 Å². The molecular weight excluding hydrogens is 437 g/mol. The number of benzene rings is 1. The Balaban J connectivity index is 0.00000208. The highest BCUT2D eigenvalue weighted by Crippen LogP contribution is 2.21. The van der Waals surface area contributed by atoms with Crippen LogP contribution < -0.4 is 5.32 Å². The average molecular weight is 463 g/mol. The minimum absolute atomic E-state index is 0. The Morgan fingerprint density at radius 1 is 1.25 bits per heavy atom. The summed E-state index contributed by atoms with van der Waals surface area (Å²) in [5.74, 6) is 1.66. The van der Waals surface area contributed by atoms with Crippen molar-refractivity contribution in [3.05, 3.63) is 35.9 Å². The van der Waals surface area contributed by atoms with Gasteiger partial charge in [0.1, 0.15) is 0 Å². The van der Waals surface area contributed by atoms with E-state index in [1.807, 2.05) is 25.2 Å². The lowest BCUT2D eigenvalue weighted by molar-refractivity contribution is 0.470. The average Bonchev–Trinajstić information content (AvgIpc) is 3.27. The summed E-state index contributed by atoms with van der Waals surface area (Å²) in [6, 6.07) is 10.8. The van der Waals surface area contributed by atoms with Crippen molar-refractivity contribution >= 4 is 39.8 Å². The van der Waals surface area contributed by atoms with Gasteiger partial charge in [0.25, 0.3) is 0 Å². The molecule has 7 heteroatoms. The third-order valence-electron chi connectivity index (χ3n) is 4.36. The van der Waals surface area contributed by atoms with Gasteiger partial charge in [0, 0.05) is 26.2 Å². The van der Waals surface area contributed by atoms with Crippen LogP contribution in [0.5, 0.6) is 0 Å². The molecule has 1 aromatic carbocycles. The fraction of sp³-hybridized carbons (Fsp3) is 0.588. The molecule has 1 N–H and O–H groups in total. The monoisotopic (exact) mass is 463 g/mol. The third-order valence-corrected chi connectivity index (χ3v) is 6.20. The lowest BCUT2D eigenvalue weighted by Gasteiger charge is -2.23. The normalized spacial score (nSPS) is 22.7. The van der Waals surface area contributed by atoms with E-state index in [1.165, 1.54) is 18.4 Å². The molecule has 0 bridgehead atoms. The van der Waals surface area contributed by atoms with Gasteiger partial charge in [-0.1, -0.05) is 30.3 Å². The first-order valence-corrected chi connectivity index (χ1v) is 10.1. The SMILES string of the molecule is CN(Cc1ccccc1)C(=NCC1CCS(=O)(=O)C1)NC1CC1.I. The van der Waals surface area contributed by atoms with Gasteiger partial charge in [-0.05, 0) is 30.7 Å². The molecule has 3 rings (SSSR count). The molecule has 0 aromatic heterocycles. The molecule has 1 unspecified atom stereocenters. The van der Waals surface area contributed by atoms with E-state index in [2.05, 4.69) is 22.3 Å². The van der Waals surface area contributed by atoms with E-state index in [-0.39, 0.29) is 35.6 Å². The van der Waals surface area contributed by atoms with E-state index in [0.717, 1.165) is 18.9 Å². The third kappa shape index (κ3) is 5.91. The van der Waals surface area contributed by atoms with Crippen molar-refractivity contribution in [2.45, 2.75) is 31.8 Å². The quantitative estimate of drug-likeness (QED) is 0.414. The molecule has 1 atom stereocenters. The van der Waals surface area contributed by atoms with Crippen molar-refractivity contribution in [3.63, 3.8) is 0 Å². The van der Waals surface area contributed by atoms with Crippen LogP contribution >= 0.6 is 24.0 Å². The van der Waals surface area contributed by atoms with Crippen LogP contribution in [0.15, 0.2) is 35.3 Å². The molecule has 5 nitrogen and oxygen atoms in total. The van der Waals surface area contributed by atoms with Crippen molar-refractivity contribution in [3.8, 4) is 0 Å². The second-order valence-electron chi connectivity index (χ2n) is 6.69. The first-order chi connectivity index (χ1) is 11.0. The summed E-state index contributed by atoms with van der Waals surface area (Å²) >= 11 is 0. The van der Waals surface area contributed by atoms with Gasteiger partial charge in [-0.2, -0.15) is 0 Å². The molecule has 2 aliphatic rings. The second kappa shape index (κ2) is 8.51. The van der Waals surface area contributed by atoms with Crippen LogP contribution in [0.2, 0.25) is 0 Å².